The Bertz CT molecular complexity index is 576. The highest BCUT2D eigenvalue weighted by Gasteiger charge is 2.30. The van der Waals surface area contributed by atoms with E-state index in [4.69, 9.17) is 0 Å². The second-order valence-electron chi connectivity index (χ2n) is 4.52. The first kappa shape index (κ1) is 14.2. The van der Waals surface area contributed by atoms with Crippen molar-refractivity contribution in [1.82, 2.24) is 0 Å². The molecule has 0 aromatic heterocycles. The molecule has 106 valence electrons. The van der Waals surface area contributed by atoms with Crippen molar-refractivity contribution >= 4 is 5.69 Å². The predicted molar refractivity (Wildman–Crippen MR) is 72.9 cm³/mol. The van der Waals surface area contributed by atoms with Crippen molar-refractivity contribution in [2.24, 2.45) is 0 Å². The number of alkyl halides is 3. The first-order valence-electron chi connectivity index (χ1n) is 5.99. The fourth-order valence-electron chi connectivity index (χ4n) is 1.81. The van der Waals surface area contributed by atoms with Crippen LogP contribution in [-0.2, 0) is 0 Å². The molecule has 0 bridgehead atoms. The molecule has 2 rings (SSSR count). The van der Waals surface area contributed by atoms with Gasteiger partial charge in [-0.1, -0.05) is 24.3 Å². The van der Waals surface area contributed by atoms with Gasteiger partial charge in [0.1, 0.15) is 5.75 Å². The zero-order valence-electron chi connectivity index (χ0n) is 11.1. The molecule has 0 N–H and O–H groups in total. The van der Waals surface area contributed by atoms with Crippen molar-refractivity contribution in [1.29, 1.82) is 0 Å². The third kappa shape index (κ3) is 3.66. The van der Waals surface area contributed by atoms with Crippen LogP contribution < -0.4 is 9.64 Å². The van der Waals surface area contributed by atoms with E-state index in [-0.39, 0.29) is 5.75 Å². The lowest BCUT2D eigenvalue weighted by atomic mass is 10.0. The number of hydrogen-bond donors (Lipinski definition) is 0. The minimum atomic E-state index is -4.66. The predicted octanol–water partition coefficient (Wildman–Crippen LogP) is 4.32. The molecule has 0 aliphatic carbocycles. The van der Waals surface area contributed by atoms with Crippen molar-refractivity contribution in [2.75, 3.05) is 19.0 Å². The van der Waals surface area contributed by atoms with Gasteiger partial charge in [-0.2, -0.15) is 0 Å². The van der Waals surface area contributed by atoms with Crippen LogP contribution in [0.15, 0.2) is 48.5 Å². The van der Waals surface area contributed by atoms with Gasteiger partial charge in [0.05, 0.1) is 0 Å². The summed E-state index contributed by atoms with van der Waals surface area (Å²) in [5.74, 6) is -0.218. The summed E-state index contributed by atoms with van der Waals surface area (Å²) in [7, 11) is 3.86. The number of nitrogens with zero attached hydrogens (tertiary/aromatic N) is 1. The Labute approximate surface area is 115 Å². The van der Waals surface area contributed by atoms with Crippen LogP contribution in [0.5, 0.6) is 5.75 Å². The molecular formula is C15H14F3NO. The van der Waals surface area contributed by atoms with Crippen LogP contribution in [0.1, 0.15) is 0 Å². The molecule has 2 aromatic carbocycles. The molecule has 0 saturated carbocycles. The average Bonchev–Trinajstić information content (AvgIpc) is 2.38. The van der Waals surface area contributed by atoms with Crippen LogP contribution in [0.2, 0.25) is 0 Å². The summed E-state index contributed by atoms with van der Waals surface area (Å²) in [4.78, 5) is 1.96. The smallest absolute Gasteiger partial charge is 0.406 e. The molecule has 5 heteroatoms. The van der Waals surface area contributed by atoms with Gasteiger partial charge >= 0.3 is 6.36 Å². The van der Waals surface area contributed by atoms with Gasteiger partial charge < -0.3 is 9.64 Å². The topological polar surface area (TPSA) is 12.5 Å². The van der Waals surface area contributed by atoms with E-state index in [1.807, 2.05) is 43.3 Å². The van der Waals surface area contributed by atoms with Crippen LogP contribution in [-0.4, -0.2) is 20.5 Å². The second-order valence-corrected chi connectivity index (χ2v) is 4.52. The maximum absolute atomic E-state index is 12.1. The molecule has 0 fully saturated rings. The Kier molecular flexibility index (Phi) is 3.88. The quantitative estimate of drug-likeness (QED) is 0.830. The van der Waals surface area contributed by atoms with Gasteiger partial charge in [-0.25, -0.2) is 0 Å². The van der Waals surface area contributed by atoms with Crippen molar-refractivity contribution in [2.45, 2.75) is 6.36 Å². The maximum Gasteiger partial charge on any atom is 0.573 e. The van der Waals surface area contributed by atoms with E-state index >= 15 is 0 Å². The van der Waals surface area contributed by atoms with E-state index < -0.39 is 6.36 Å². The number of hydrogen-bond acceptors (Lipinski definition) is 2. The molecule has 0 aliphatic rings. The van der Waals surface area contributed by atoms with Gasteiger partial charge in [-0.3, -0.25) is 0 Å². The minimum absolute atomic E-state index is 0.218. The van der Waals surface area contributed by atoms with Gasteiger partial charge in [0, 0.05) is 19.8 Å². The molecule has 2 nitrogen and oxygen atoms in total. The summed E-state index contributed by atoms with van der Waals surface area (Å²) in [6, 6.07) is 13.6. The van der Waals surface area contributed by atoms with E-state index in [1.165, 1.54) is 12.1 Å². The fraction of sp³-hybridized carbons (Fsp3) is 0.200. The maximum atomic E-state index is 12.1. The molecule has 0 radical (unpaired) electrons. The number of benzene rings is 2. The Morgan fingerprint density at radius 2 is 1.55 bits per heavy atom. The van der Waals surface area contributed by atoms with Crippen LogP contribution in [0.4, 0.5) is 18.9 Å². The van der Waals surface area contributed by atoms with E-state index in [0.717, 1.165) is 16.8 Å². The molecule has 0 amide bonds. The first-order chi connectivity index (χ1) is 9.35. The highest BCUT2D eigenvalue weighted by molar-refractivity contribution is 5.68. The molecule has 20 heavy (non-hydrogen) atoms. The van der Waals surface area contributed by atoms with Crippen LogP contribution in [0, 0.1) is 0 Å². The summed E-state index contributed by atoms with van der Waals surface area (Å²) < 4.78 is 40.1. The van der Waals surface area contributed by atoms with Crippen molar-refractivity contribution in [3.63, 3.8) is 0 Å². The lowest BCUT2D eigenvalue weighted by Crippen LogP contribution is -2.16. The highest BCUT2D eigenvalue weighted by Crippen LogP contribution is 2.28. The SMILES string of the molecule is CN(C)c1cccc(-c2ccc(OC(F)(F)F)cc2)c1. The third-order valence-electron chi connectivity index (χ3n) is 2.78. The number of halogens is 3. The van der Waals surface area contributed by atoms with E-state index in [9.17, 15) is 13.2 Å². The molecule has 0 atom stereocenters. The van der Waals surface area contributed by atoms with Crippen molar-refractivity contribution in [3.05, 3.63) is 48.5 Å². The highest BCUT2D eigenvalue weighted by atomic mass is 19.4. The summed E-state index contributed by atoms with van der Waals surface area (Å²) in [5.41, 5.74) is 2.80. The van der Waals surface area contributed by atoms with Gasteiger partial charge in [0.2, 0.25) is 0 Å². The fourth-order valence-corrected chi connectivity index (χ4v) is 1.81. The van der Waals surface area contributed by atoms with E-state index in [0.29, 0.717) is 0 Å². The largest absolute Gasteiger partial charge is 0.573 e. The monoisotopic (exact) mass is 281 g/mol. The van der Waals surface area contributed by atoms with Gasteiger partial charge in [0.15, 0.2) is 0 Å². The lowest BCUT2D eigenvalue weighted by molar-refractivity contribution is -0.274. The Hall–Kier alpha value is -2.17. The van der Waals surface area contributed by atoms with Gasteiger partial charge in [-0.15, -0.1) is 13.2 Å². The number of ether oxygens (including phenoxy) is 1. The summed E-state index contributed by atoms with van der Waals surface area (Å²) >= 11 is 0. The van der Waals surface area contributed by atoms with Crippen molar-refractivity contribution < 1.29 is 17.9 Å². The first-order valence-corrected chi connectivity index (χ1v) is 5.99. The van der Waals surface area contributed by atoms with E-state index in [1.54, 1.807) is 12.1 Å². The molecule has 0 aliphatic heterocycles. The summed E-state index contributed by atoms with van der Waals surface area (Å²) in [6.07, 6.45) is -4.66. The Balaban J connectivity index is 2.24. The average molecular weight is 281 g/mol. The standard InChI is InChI=1S/C15H14F3NO/c1-19(2)13-5-3-4-12(10-13)11-6-8-14(9-7-11)20-15(16,17)18/h3-10H,1-2H3. The zero-order valence-corrected chi connectivity index (χ0v) is 11.1. The van der Waals surface area contributed by atoms with Gasteiger partial charge in [-0.05, 0) is 35.4 Å². The molecule has 2 aromatic rings. The second kappa shape index (κ2) is 5.45. The molecule has 0 heterocycles. The molecule has 0 spiro atoms. The molecule has 0 unspecified atom stereocenters. The zero-order chi connectivity index (χ0) is 14.8. The molecule has 0 saturated heterocycles. The normalized spacial score (nSPS) is 11.2. The van der Waals surface area contributed by atoms with Crippen LogP contribution >= 0.6 is 0 Å². The molecular weight excluding hydrogens is 267 g/mol. The van der Waals surface area contributed by atoms with E-state index in [2.05, 4.69) is 4.74 Å². The number of anilines is 1. The minimum Gasteiger partial charge on any atom is -0.406 e. The lowest BCUT2D eigenvalue weighted by Gasteiger charge is -2.14. The van der Waals surface area contributed by atoms with Crippen molar-refractivity contribution in [3.8, 4) is 16.9 Å². The number of rotatable bonds is 3. The summed E-state index contributed by atoms with van der Waals surface area (Å²) in [5, 5.41) is 0. The van der Waals surface area contributed by atoms with Gasteiger partial charge in [0.25, 0.3) is 0 Å². The van der Waals surface area contributed by atoms with Crippen LogP contribution in [0.3, 0.4) is 0 Å². The van der Waals surface area contributed by atoms with Crippen LogP contribution in [0.25, 0.3) is 11.1 Å². The Morgan fingerprint density at radius 3 is 2.10 bits per heavy atom. The third-order valence-corrected chi connectivity index (χ3v) is 2.78. The summed E-state index contributed by atoms with van der Waals surface area (Å²) in [6.45, 7) is 0. The Morgan fingerprint density at radius 1 is 0.900 bits per heavy atom.